The van der Waals surface area contributed by atoms with Gasteiger partial charge in [-0.3, -0.25) is 4.79 Å². The largest absolute Gasteiger partial charge is 0.351 e. The summed E-state index contributed by atoms with van der Waals surface area (Å²) in [6.45, 7) is 8.51. The molecule has 3 nitrogen and oxygen atoms in total. The Morgan fingerprint density at radius 2 is 2.06 bits per heavy atom. The van der Waals surface area contributed by atoms with Gasteiger partial charge in [0.15, 0.2) is 0 Å². The molecule has 0 aliphatic heterocycles. The fourth-order valence-electron chi connectivity index (χ4n) is 2.83. The first-order chi connectivity index (χ1) is 7.85. The van der Waals surface area contributed by atoms with E-state index in [4.69, 9.17) is 5.73 Å². The van der Waals surface area contributed by atoms with E-state index >= 15 is 0 Å². The summed E-state index contributed by atoms with van der Waals surface area (Å²) in [5.74, 6) is 0.771. The fraction of sp³-hybridized carbons (Fsp3) is 0.929. The van der Waals surface area contributed by atoms with Crippen molar-refractivity contribution in [2.45, 2.75) is 71.4 Å². The van der Waals surface area contributed by atoms with Crippen molar-refractivity contribution in [3.05, 3.63) is 0 Å². The monoisotopic (exact) mass is 240 g/mol. The van der Waals surface area contributed by atoms with Crippen molar-refractivity contribution in [2.24, 2.45) is 17.6 Å². The minimum absolute atomic E-state index is 0.0902. The number of rotatable bonds is 4. The van der Waals surface area contributed by atoms with Gasteiger partial charge in [0.05, 0.1) is 0 Å². The second-order valence-corrected chi connectivity index (χ2v) is 6.28. The minimum atomic E-state index is -0.0902. The molecule has 3 N–H and O–H groups in total. The molecule has 0 aromatic rings. The van der Waals surface area contributed by atoms with Crippen LogP contribution in [0.25, 0.3) is 0 Å². The number of hydrogen-bond donors (Lipinski definition) is 2. The van der Waals surface area contributed by atoms with Gasteiger partial charge in [0, 0.05) is 17.5 Å². The van der Waals surface area contributed by atoms with Crippen LogP contribution in [0.4, 0.5) is 0 Å². The molecule has 1 aliphatic rings. The number of carbonyl (C=O) groups is 1. The van der Waals surface area contributed by atoms with Gasteiger partial charge in [-0.25, -0.2) is 0 Å². The van der Waals surface area contributed by atoms with Crippen LogP contribution in [0, 0.1) is 11.8 Å². The summed E-state index contributed by atoms with van der Waals surface area (Å²) < 4.78 is 0. The topological polar surface area (TPSA) is 55.1 Å². The zero-order valence-electron chi connectivity index (χ0n) is 11.8. The molecule has 0 heterocycles. The molecule has 0 aromatic carbocycles. The molecular weight excluding hydrogens is 212 g/mol. The Kier molecular flexibility index (Phi) is 4.99. The molecule has 1 rings (SSSR count). The Bertz CT molecular complexity index is 263. The Morgan fingerprint density at radius 3 is 2.65 bits per heavy atom. The van der Waals surface area contributed by atoms with Crippen molar-refractivity contribution < 1.29 is 4.79 Å². The molecule has 0 bridgehead atoms. The second kappa shape index (κ2) is 5.85. The van der Waals surface area contributed by atoms with E-state index < -0.39 is 0 Å². The quantitative estimate of drug-likeness (QED) is 0.793. The summed E-state index contributed by atoms with van der Waals surface area (Å²) >= 11 is 0. The van der Waals surface area contributed by atoms with E-state index in [2.05, 4.69) is 33.0 Å². The van der Waals surface area contributed by atoms with E-state index in [0.29, 0.717) is 5.92 Å². The molecule has 3 unspecified atom stereocenters. The van der Waals surface area contributed by atoms with E-state index in [0.717, 1.165) is 32.1 Å². The van der Waals surface area contributed by atoms with Crippen LogP contribution >= 0.6 is 0 Å². The lowest BCUT2D eigenvalue weighted by Crippen LogP contribution is -2.49. The van der Waals surface area contributed by atoms with Crippen LogP contribution in [-0.4, -0.2) is 17.5 Å². The number of hydrogen-bond acceptors (Lipinski definition) is 2. The van der Waals surface area contributed by atoms with Gasteiger partial charge in [-0.1, -0.05) is 20.3 Å². The Hall–Kier alpha value is -0.570. The summed E-state index contributed by atoms with van der Waals surface area (Å²) in [6, 6.07) is 0.205. The van der Waals surface area contributed by atoms with Crippen molar-refractivity contribution >= 4 is 5.91 Å². The molecule has 0 spiro atoms. The van der Waals surface area contributed by atoms with Gasteiger partial charge < -0.3 is 11.1 Å². The first kappa shape index (κ1) is 14.5. The van der Waals surface area contributed by atoms with Crippen LogP contribution in [0.2, 0.25) is 0 Å². The molecule has 1 saturated carbocycles. The number of amides is 1. The van der Waals surface area contributed by atoms with Gasteiger partial charge in [-0.05, 0) is 45.4 Å². The highest BCUT2D eigenvalue weighted by Gasteiger charge is 2.33. The van der Waals surface area contributed by atoms with Crippen LogP contribution in [0.15, 0.2) is 0 Å². The average Bonchev–Trinajstić information content (AvgIpc) is 2.20. The van der Waals surface area contributed by atoms with Crippen molar-refractivity contribution in [1.29, 1.82) is 0 Å². The predicted octanol–water partition coefficient (Wildman–Crippen LogP) is 2.44. The van der Waals surface area contributed by atoms with Crippen LogP contribution < -0.4 is 11.1 Å². The normalized spacial score (nSPS) is 30.1. The van der Waals surface area contributed by atoms with Gasteiger partial charge in [0.2, 0.25) is 5.91 Å². The molecule has 1 aliphatic carbocycles. The summed E-state index contributed by atoms with van der Waals surface area (Å²) in [7, 11) is 0. The Balaban J connectivity index is 2.56. The van der Waals surface area contributed by atoms with E-state index in [-0.39, 0.29) is 23.4 Å². The SMILES string of the molecule is CCCC(C)(C)NC(=O)C1CC(N)CCC1C. The van der Waals surface area contributed by atoms with E-state index in [1.165, 1.54) is 0 Å². The molecule has 3 heteroatoms. The highest BCUT2D eigenvalue weighted by atomic mass is 16.2. The maximum absolute atomic E-state index is 12.3. The minimum Gasteiger partial charge on any atom is -0.351 e. The smallest absolute Gasteiger partial charge is 0.223 e. The molecular formula is C14H28N2O. The van der Waals surface area contributed by atoms with Crippen molar-refractivity contribution in [3.63, 3.8) is 0 Å². The third-order valence-corrected chi connectivity index (χ3v) is 3.91. The molecule has 100 valence electrons. The molecule has 17 heavy (non-hydrogen) atoms. The number of nitrogens with one attached hydrogen (secondary N) is 1. The average molecular weight is 240 g/mol. The van der Waals surface area contributed by atoms with Crippen LogP contribution in [0.5, 0.6) is 0 Å². The molecule has 0 radical (unpaired) electrons. The van der Waals surface area contributed by atoms with Gasteiger partial charge in [0.25, 0.3) is 0 Å². The fourth-order valence-corrected chi connectivity index (χ4v) is 2.83. The third kappa shape index (κ3) is 4.30. The molecule has 1 fully saturated rings. The van der Waals surface area contributed by atoms with E-state index in [1.807, 2.05) is 0 Å². The zero-order chi connectivity index (χ0) is 13.1. The van der Waals surface area contributed by atoms with Crippen LogP contribution in [0.3, 0.4) is 0 Å². The van der Waals surface area contributed by atoms with Crippen molar-refractivity contribution in [2.75, 3.05) is 0 Å². The van der Waals surface area contributed by atoms with Crippen LogP contribution in [-0.2, 0) is 4.79 Å². The lowest BCUT2D eigenvalue weighted by atomic mass is 9.77. The molecule has 0 saturated heterocycles. The first-order valence-electron chi connectivity index (χ1n) is 6.93. The number of nitrogens with two attached hydrogens (primary N) is 1. The maximum atomic E-state index is 12.3. The standard InChI is InChI=1S/C14H28N2O/c1-5-8-14(3,4)16-13(17)12-9-11(15)7-6-10(12)2/h10-12H,5-9,15H2,1-4H3,(H,16,17). The lowest BCUT2D eigenvalue weighted by Gasteiger charge is -2.35. The van der Waals surface area contributed by atoms with E-state index in [1.54, 1.807) is 0 Å². The van der Waals surface area contributed by atoms with Gasteiger partial charge in [-0.2, -0.15) is 0 Å². The Labute approximate surface area is 106 Å². The Morgan fingerprint density at radius 1 is 1.41 bits per heavy atom. The van der Waals surface area contributed by atoms with Crippen molar-refractivity contribution in [1.82, 2.24) is 5.32 Å². The molecule has 3 atom stereocenters. The summed E-state index contributed by atoms with van der Waals surface area (Å²) in [5.41, 5.74) is 5.88. The maximum Gasteiger partial charge on any atom is 0.223 e. The highest BCUT2D eigenvalue weighted by Crippen LogP contribution is 2.29. The highest BCUT2D eigenvalue weighted by molar-refractivity contribution is 5.79. The second-order valence-electron chi connectivity index (χ2n) is 6.28. The summed E-state index contributed by atoms with van der Waals surface area (Å²) in [6.07, 6.45) is 5.09. The van der Waals surface area contributed by atoms with Crippen molar-refractivity contribution in [3.8, 4) is 0 Å². The van der Waals surface area contributed by atoms with Gasteiger partial charge >= 0.3 is 0 Å². The third-order valence-electron chi connectivity index (χ3n) is 3.91. The van der Waals surface area contributed by atoms with Gasteiger partial charge in [0.1, 0.15) is 0 Å². The molecule has 0 aromatic heterocycles. The molecule has 1 amide bonds. The predicted molar refractivity (Wildman–Crippen MR) is 71.6 cm³/mol. The van der Waals surface area contributed by atoms with E-state index in [9.17, 15) is 4.79 Å². The number of carbonyl (C=O) groups excluding carboxylic acids is 1. The van der Waals surface area contributed by atoms with Gasteiger partial charge in [-0.15, -0.1) is 0 Å². The first-order valence-corrected chi connectivity index (χ1v) is 6.93. The zero-order valence-corrected chi connectivity index (χ0v) is 11.8. The summed E-state index contributed by atoms with van der Waals surface area (Å²) in [5, 5.41) is 3.18. The van der Waals surface area contributed by atoms with Crippen LogP contribution in [0.1, 0.15) is 59.8 Å². The summed E-state index contributed by atoms with van der Waals surface area (Å²) in [4.78, 5) is 12.3. The lowest BCUT2D eigenvalue weighted by molar-refractivity contribution is -0.129.